The molecule has 0 bridgehead atoms. The molecular weight excluding hydrogens is 376 g/mol. The van der Waals surface area contributed by atoms with Crippen LogP contribution in [0.5, 0.6) is 5.75 Å². The van der Waals surface area contributed by atoms with Gasteiger partial charge in [-0.3, -0.25) is 4.79 Å². The largest absolute Gasteiger partial charge is 0.483 e. The maximum Gasteiger partial charge on any atom is 0.258 e. The highest BCUT2D eigenvalue weighted by Crippen LogP contribution is 2.24. The zero-order valence-electron chi connectivity index (χ0n) is 15.5. The third-order valence-electron chi connectivity index (χ3n) is 4.29. The van der Waals surface area contributed by atoms with Crippen LogP contribution in [0.3, 0.4) is 0 Å². The number of ether oxygens (including phenoxy) is 1. The number of hydrogen-bond donors (Lipinski definition) is 2. The van der Waals surface area contributed by atoms with Crippen molar-refractivity contribution in [3.8, 4) is 5.75 Å². The van der Waals surface area contributed by atoms with Gasteiger partial charge in [0.25, 0.3) is 5.91 Å². The van der Waals surface area contributed by atoms with E-state index in [0.29, 0.717) is 17.9 Å². The molecule has 0 unspecified atom stereocenters. The Labute approximate surface area is 164 Å². The zero-order valence-corrected chi connectivity index (χ0v) is 16.3. The quantitative estimate of drug-likeness (QED) is 0.611. The fourth-order valence-electron chi connectivity index (χ4n) is 2.76. The van der Waals surface area contributed by atoms with E-state index in [1.165, 1.54) is 7.05 Å². The summed E-state index contributed by atoms with van der Waals surface area (Å²) in [7, 11) is -1.91. The van der Waals surface area contributed by atoms with Gasteiger partial charge in [0.05, 0.1) is 5.75 Å². The minimum absolute atomic E-state index is 0.0744. The molecule has 6 nitrogen and oxygen atoms in total. The van der Waals surface area contributed by atoms with E-state index in [1.54, 1.807) is 24.3 Å². The molecule has 0 fully saturated rings. The lowest BCUT2D eigenvalue weighted by Gasteiger charge is -2.10. The Bertz CT molecular complexity index is 1060. The number of sulfonamides is 1. The lowest BCUT2D eigenvalue weighted by molar-refractivity contribution is -0.123. The molecule has 0 aliphatic heterocycles. The van der Waals surface area contributed by atoms with Crippen LogP contribution in [-0.4, -0.2) is 28.0 Å². The Kier molecular flexibility index (Phi) is 6.28. The van der Waals surface area contributed by atoms with E-state index in [-0.39, 0.29) is 18.3 Å². The highest BCUT2D eigenvalue weighted by atomic mass is 32.2. The predicted octanol–water partition coefficient (Wildman–Crippen LogP) is 2.58. The van der Waals surface area contributed by atoms with Crippen molar-refractivity contribution in [1.82, 2.24) is 10.0 Å². The first-order valence-electron chi connectivity index (χ1n) is 8.83. The highest BCUT2D eigenvalue weighted by Gasteiger charge is 2.09. The molecule has 28 heavy (non-hydrogen) atoms. The summed E-state index contributed by atoms with van der Waals surface area (Å²) < 4.78 is 31.1. The molecule has 2 N–H and O–H groups in total. The van der Waals surface area contributed by atoms with E-state index in [0.717, 1.165) is 16.3 Å². The molecule has 0 heterocycles. The van der Waals surface area contributed by atoms with Gasteiger partial charge in [-0.1, -0.05) is 60.7 Å². The van der Waals surface area contributed by atoms with Gasteiger partial charge in [-0.15, -0.1) is 0 Å². The molecule has 3 rings (SSSR count). The third kappa shape index (κ3) is 5.31. The zero-order chi connectivity index (χ0) is 20.0. The maximum atomic E-state index is 12.1. The number of carbonyl (C=O) groups excluding carboxylic acids is 1. The standard InChI is InChI=1S/C21H22N2O4S/c1-22-28(25,26)15-17-11-9-16(10-12-17)13-23-21(24)14-27-20-8-4-6-18-5-2-3-7-19(18)20/h2-12,22H,13-15H2,1H3,(H,23,24). The maximum absolute atomic E-state index is 12.1. The Morgan fingerprint density at radius 3 is 2.36 bits per heavy atom. The van der Waals surface area contributed by atoms with Crippen LogP contribution in [0.2, 0.25) is 0 Å². The van der Waals surface area contributed by atoms with Gasteiger partial charge in [-0.05, 0) is 29.6 Å². The Morgan fingerprint density at radius 1 is 0.929 bits per heavy atom. The summed E-state index contributed by atoms with van der Waals surface area (Å²) in [6.45, 7) is 0.267. The van der Waals surface area contributed by atoms with Crippen LogP contribution < -0.4 is 14.8 Å². The summed E-state index contributed by atoms with van der Waals surface area (Å²) in [5, 5.41) is 4.82. The van der Waals surface area contributed by atoms with Crippen LogP contribution in [-0.2, 0) is 27.1 Å². The SMILES string of the molecule is CNS(=O)(=O)Cc1ccc(CNC(=O)COc2cccc3ccccc23)cc1. The minimum atomic E-state index is -3.30. The van der Waals surface area contributed by atoms with Gasteiger partial charge < -0.3 is 10.1 Å². The average molecular weight is 398 g/mol. The summed E-state index contributed by atoms with van der Waals surface area (Å²) in [6.07, 6.45) is 0. The molecule has 1 amide bonds. The number of fused-ring (bicyclic) bond motifs is 1. The van der Waals surface area contributed by atoms with Crippen molar-refractivity contribution in [1.29, 1.82) is 0 Å². The third-order valence-corrected chi connectivity index (χ3v) is 5.62. The molecule has 0 aliphatic rings. The van der Waals surface area contributed by atoms with Gasteiger partial charge in [0.2, 0.25) is 10.0 Å². The average Bonchev–Trinajstić information content (AvgIpc) is 2.71. The molecule has 0 aliphatic carbocycles. The van der Waals surface area contributed by atoms with Crippen molar-refractivity contribution in [3.63, 3.8) is 0 Å². The van der Waals surface area contributed by atoms with Crippen molar-refractivity contribution >= 4 is 26.7 Å². The van der Waals surface area contributed by atoms with Gasteiger partial charge >= 0.3 is 0 Å². The molecule has 0 radical (unpaired) electrons. The minimum Gasteiger partial charge on any atom is -0.483 e. The summed E-state index contributed by atoms with van der Waals surface area (Å²) in [6, 6.07) is 20.6. The van der Waals surface area contributed by atoms with E-state index in [4.69, 9.17) is 4.74 Å². The van der Waals surface area contributed by atoms with Crippen molar-refractivity contribution in [2.45, 2.75) is 12.3 Å². The van der Waals surface area contributed by atoms with E-state index < -0.39 is 10.0 Å². The Balaban J connectivity index is 1.51. The number of nitrogens with one attached hydrogen (secondary N) is 2. The van der Waals surface area contributed by atoms with Crippen LogP contribution in [0, 0.1) is 0 Å². The van der Waals surface area contributed by atoms with Gasteiger partial charge in [-0.2, -0.15) is 0 Å². The first-order valence-corrected chi connectivity index (χ1v) is 10.5. The van der Waals surface area contributed by atoms with Gasteiger partial charge in [0.15, 0.2) is 6.61 Å². The van der Waals surface area contributed by atoms with Crippen LogP contribution in [0.25, 0.3) is 10.8 Å². The fraction of sp³-hybridized carbons (Fsp3) is 0.190. The molecule has 3 aromatic rings. The van der Waals surface area contributed by atoms with Crippen molar-refractivity contribution < 1.29 is 17.9 Å². The van der Waals surface area contributed by atoms with Crippen LogP contribution in [0.1, 0.15) is 11.1 Å². The van der Waals surface area contributed by atoms with Crippen LogP contribution in [0.15, 0.2) is 66.7 Å². The molecule has 0 atom stereocenters. The summed E-state index contributed by atoms with van der Waals surface area (Å²) in [4.78, 5) is 12.1. The van der Waals surface area contributed by atoms with E-state index in [1.807, 2.05) is 42.5 Å². The summed E-state index contributed by atoms with van der Waals surface area (Å²) >= 11 is 0. The fourth-order valence-corrected chi connectivity index (χ4v) is 3.54. The van der Waals surface area contributed by atoms with E-state index >= 15 is 0 Å². The van der Waals surface area contributed by atoms with Crippen LogP contribution >= 0.6 is 0 Å². The number of hydrogen-bond acceptors (Lipinski definition) is 4. The summed E-state index contributed by atoms with van der Waals surface area (Å²) in [5.74, 6) is 0.368. The summed E-state index contributed by atoms with van der Waals surface area (Å²) in [5.41, 5.74) is 1.56. The predicted molar refractivity (Wildman–Crippen MR) is 109 cm³/mol. The molecule has 146 valence electrons. The molecule has 0 aromatic heterocycles. The van der Waals surface area contributed by atoms with Crippen molar-refractivity contribution in [2.24, 2.45) is 0 Å². The first-order chi connectivity index (χ1) is 13.5. The van der Waals surface area contributed by atoms with Crippen molar-refractivity contribution in [3.05, 3.63) is 77.9 Å². The van der Waals surface area contributed by atoms with Gasteiger partial charge in [-0.25, -0.2) is 13.1 Å². The molecule has 0 saturated heterocycles. The highest BCUT2D eigenvalue weighted by molar-refractivity contribution is 7.88. The van der Waals surface area contributed by atoms with Crippen molar-refractivity contribution in [2.75, 3.05) is 13.7 Å². The number of carbonyl (C=O) groups is 1. The normalized spacial score (nSPS) is 11.3. The van der Waals surface area contributed by atoms with E-state index in [9.17, 15) is 13.2 Å². The van der Waals surface area contributed by atoms with E-state index in [2.05, 4.69) is 10.0 Å². The van der Waals surface area contributed by atoms with Gasteiger partial charge in [0.1, 0.15) is 5.75 Å². The molecule has 0 spiro atoms. The molecule has 0 saturated carbocycles. The molecule has 3 aromatic carbocycles. The monoisotopic (exact) mass is 398 g/mol. The lowest BCUT2D eigenvalue weighted by Crippen LogP contribution is -2.28. The second-order valence-electron chi connectivity index (χ2n) is 6.32. The Hall–Kier alpha value is -2.90. The second kappa shape index (κ2) is 8.86. The number of benzene rings is 3. The van der Waals surface area contributed by atoms with Crippen LogP contribution in [0.4, 0.5) is 0 Å². The number of rotatable bonds is 8. The Morgan fingerprint density at radius 2 is 1.61 bits per heavy atom. The lowest BCUT2D eigenvalue weighted by atomic mass is 10.1. The number of amides is 1. The topological polar surface area (TPSA) is 84.5 Å². The molecule has 7 heteroatoms. The smallest absolute Gasteiger partial charge is 0.258 e. The molecular formula is C21H22N2O4S. The van der Waals surface area contributed by atoms with Gasteiger partial charge in [0, 0.05) is 11.9 Å². The first kappa shape index (κ1) is 19.9. The second-order valence-corrected chi connectivity index (χ2v) is 8.25.